The van der Waals surface area contributed by atoms with Gasteiger partial charge in [-0.25, -0.2) is 8.42 Å². The number of para-hydroxylation sites is 1. The van der Waals surface area contributed by atoms with Crippen molar-refractivity contribution in [2.75, 3.05) is 12.4 Å². The van der Waals surface area contributed by atoms with Gasteiger partial charge in [-0.1, -0.05) is 18.2 Å². The fraction of sp³-hybridized carbons (Fsp3) is 0.556. The molecule has 140 valence electrons. The van der Waals surface area contributed by atoms with Gasteiger partial charge >= 0.3 is 0 Å². The monoisotopic (exact) mass is 376 g/mol. The van der Waals surface area contributed by atoms with Gasteiger partial charge in [-0.05, 0) is 44.2 Å². The van der Waals surface area contributed by atoms with E-state index in [0.717, 1.165) is 31.4 Å². The lowest BCUT2D eigenvalue weighted by molar-refractivity contribution is 0.174. The molecule has 0 radical (unpaired) electrons. The summed E-state index contributed by atoms with van der Waals surface area (Å²) in [6.45, 7) is 0.409. The molecule has 26 heavy (non-hydrogen) atoms. The van der Waals surface area contributed by atoms with E-state index >= 15 is 0 Å². The smallest absolute Gasteiger partial charge is 0.214 e. The average Bonchev–Trinajstić information content (AvgIpc) is 3.27. The Hall–Kier alpha value is -1.93. The summed E-state index contributed by atoms with van der Waals surface area (Å²) in [5.74, 6) is 0.912. The van der Waals surface area contributed by atoms with Crippen molar-refractivity contribution < 1.29 is 13.2 Å². The second-order valence-electron chi connectivity index (χ2n) is 7.02. The van der Waals surface area contributed by atoms with E-state index in [1.54, 1.807) is 21.5 Å². The maximum atomic E-state index is 12.9. The van der Waals surface area contributed by atoms with Gasteiger partial charge in [-0.15, -0.1) is 0 Å². The molecule has 4 rings (SSSR count). The largest absolute Gasteiger partial charge is 0.494 e. The number of hydrogen-bond donors (Lipinski definition) is 0. The topological polar surface area (TPSA) is 77.3 Å². The van der Waals surface area contributed by atoms with Crippen LogP contribution in [-0.2, 0) is 10.0 Å². The summed E-state index contributed by atoms with van der Waals surface area (Å²) < 4.78 is 33.2. The first-order valence-electron chi connectivity index (χ1n) is 9.18. The fourth-order valence-corrected chi connectivity index (χ4v) is 6.20. The van der Waals surface area contributed by atoms with Gasteiger partial charge in [0.25, 0.3) is 0 Å². The molecule has 0 N–H and O–H groups in total. The lowest BCUT2D eigenvalue weighted by atomic mass is 10.0. The number of fused-ring (bicyclic) bond motifs is 2. The van der Waals surface area contributed by atoms with Crippen LogP contribution in [0.2, 0.25) is 0 Å². The Morgan fingerprint density at radius 3 is 2.31 bits per heavy atom. The molecule has 2 aliphatic rings. The lowest BCUT2D eigenvalue weighted by Gasteiger charge is -2.37. The predicted molar refractivity (Wildman–Crippen MR) is 97.3 cm³/mol. The van der Waals surface area contributed by atoms with E-state index in [4.69, 9.17) is 4.74 Å². The Kier molecular flexibility index (Phi) is 4.95. The summed E-state index contributed by atoms with van der Waals surface area (Å²) in [6.07, 6.45) is 7.31. The van der Waals surface area contributed by atoms with E-state index in [1.807, 2.05) is 30.3 Å². The van der Waals surface area contributed by atoms with Gasteiger partial charge < -0.3 is 4.74 Å². The first-order valence-corrected chi connectivity index (χ1v) is 10.8. The van der Waals surface area contributed by atoms with E-state index in [1.165, 1.54) is 0 Å². The number of sulfonamides is 1. The molecule has 2 unspecified atom stereocenters. The summed E-state index contributed by atoms with van der Waals surface area (Å²) >= 11 is 0. The van der Waals surface area contributed by atoms with Crippen molar-refractivity contribution in [1.82, 2.24) is 19.3 Å². The number of benzene rings is 1. The Morgan fingerprint density at radius 1 is 1.00 bits per heavy atom. The fourth-order valence-electron chi connectivity index (χ4n) is 4.22. The van der Waals surface area contributed by atoms with Crippen molar-refractivity contribution in [2.45, 2.75) is 50.2 Å². The summed E-state index contributed by atoms with van der Waals surface area (Å²) in [5.41, 5.74) is 0. The zero-order valence-corrected chi connectivity index (χ0v) is 15.5. The highest BCUT2D eigenvalue weighted by Crippen LogP contribution is 2.42. The van der Waals surface area contributed by atoms with Crippen LogP contribution in [0, 0.1) is 0 Å². The summed E-state index contributed by atoms with van der Waals surface area (Å²) in [5, 5.41) is 8.47. The average molecular weight is 376 g/mol. The third-order valence-electron chi connectivity index (χ3n) is 5.28. The standard InChI is InChI=1S/C18H24N4O3S/c23-26(24,12-4-11-25-18-5-2-1-3-6-18)21-15-7-8-16(21)14-17(13-15)22-19-9-10-20-22/h1-3,5-6,9-10,15-17H,4,7-8,11-14H2. The molecule has 0 spiro atoms. The molecule has 2 saturated heterocycles. The summed E-state index contributed by atoms with van der Waals surface area (Å²) in [4.78, 5) is 1.74. The van der Waals surface area contributed by atoms with Crippen LogP contribution in [0.25, 0.3) is 0 Å². The van der Waals surface area contributed by atoms with Gasteiger partial charge in [-0.2, -0.15) is 19.3 Å². The highest BCUT2D eigenvalue weighted by Gasteiger charge is 2.47. The van der Waals surface area contributed by atoms with Crippen molar-refractivity contribution in [1.29, 1.82) is 0 Å². The molecule has 0 saturated carbocycles. The van der Waals surface area contributed by atoms with E-state index < -0.39 is 10.0 Å². The SMILES string of the molecule is O=S(=O)(CCCOc1ccccc1)N1C2CCC1CC(n1nccn1)C2. The molecule has 2 bridgehead atoms. The molecule has 2 fully saturated rings. The van der Waals surface area contributed by atoms with Crippen LogP contribution < -0.4 is 4.74 Å². The van der Waals surface area contributed by atoms with Crippen LogP contribution >= 0.6 is 0 Å². The number of aromatic nitrogens is 3. The molecule has 1 aromatic carbocycles. The van der Waals surface area contributed by atoms with Crippen molar-refractivity contribution in [3.63, 3.8) is 0 Å². The lowest BCUT2D eigenvalue weighted by Crippen LogP contribution is -2.48. The van der Waals surface area contributed by atoms with E-state index in [-0.39, 0.29) is 23.9 Å². The maximum absolute atomic E-state index is 12.9. The van der Waals surface area contributed by atoms with Crippen LogP contribution in [0.3, 0.4) is 0 Å². The maximum Gasteiger partial charge on any atom is 0.214 e. The molecule has 1 aromatic heterocycles. The van der Waals surface area contributed by atoms with E-state index in [2.05, 4.69) is 10.2 Å². The molecular weight excluding hydrogens is 352 g/mol. The molecule has 0 amide bonds. The van der Waals surface area contributed by atoms with Crippen molar-refractivity contribution in [2.24, 2.45) is 0 Å². The second kappa shape index (κ2) is 7.36. The van der Waals surface area contributed by atoms with Crippen LogP contribution in [0.5, 0.6) is 5.75 Å². The normalized spacial score (nSPS) is 26.1. The molecule has 2 aliphatic heterocycles. The van der Waals surface area contributed by atoms with Crippen LogP contribution in [0.15, 0.2) is 42.7 Å². The number of hydrogen-bond acceptors (Lipinski definition) is 5. The van der Waals surface area contributed by atoms with Gasteiger partial charge in [0.15, 0.2) is 0 Å². The summed E-state index contributed by atoms with van der Waals surface area (Å²) in [7, 11) is -3.26. The van der Waals surface area contributed by atoms with E-state index in [9.17, 15) is 8.42 Å². The van der Waals surface area contributed by atoms with Gasteiger partial charge in [0.2, 0.25) is 10.0 Å². The van der Waals surface area contributed by atoms with Crippen molar-refractivity contribution in [3.05, 3.63) is 42.7 Å². The van der Waals surface area contributed by atoms with Crippen molar-refractivity contribution in [3.8, 4) is 5.75 Å². The highest BCUT2D eigenvalue weighted by molar-refractivity contribution is 7.89. The van der Waals surface area contributed by atoms with Crippen LogP contribution in [-0.4, -0.2) is 52.2 Å². The van der Waals surface area contributed by atoms with Crippen molar-refractivity contribution >= 4 is 10.0 Å². The Labute approximate surface area is 154 Å². The minimum atomic E-state index is -3.26. The second-order valence-corrected chi connectivity index (χ2v) is 9.01. The predicted octanol–water partition coefficient (Wildman–Crippen LogP) is 2.24. The Balaban J connectivity index is 1.33. The minimum Gasteiger partial charge on any atom is -0.494 e. The number of piperidine rings is 1. The first-order chi connectivity index (χ1) is 12.6. The third kappa shape index (κ3) is 3.61. The minimum absolute atomic E-state index is 0.0739. The molecule has 2 atom stereocenters. The highest BCUT2D eigenvalue weighted by atomic mass is 32.2. The molecule has 8 heteroatoms. The van der Waals surface area contributed by atoms with Gasteiger partial charge in [0.05, 0.1) is 30.8 Å². The number of nitrogens with zero attached hydrogens (tertiary/aromatic N) is 4. The van der Waals surface area contributed by atoms with E-state index in [0.29, 0.717) is 13.0 Å². The number of rotatable bonds is 7. The zero-order valence-electron chi connectivity index (χ0n) is 14.6. The summed E-state index contributed by atoms with van der Waals surface area (Å²) in [6, 6.07) is 9.84. The quantitative estimate of drug-likeness (QED) is 0.693. The van der Waals surface area contributed by atoms with Crippen LogP contribution in [0.1, 0.15) is 38.1 Å². The molecule has 7 nitrogen and oxygen atoms in total. The van der Waals surface area contributed by atoms with Crippen LogP contribution in [0.4, 0.5) is 0 Å². The molecule has 0 aliphatic carbocycles. The third-order valence-corrected chi connectivity index (χ3v) is 7.33. The van der Waals surface area contributed by atoms with Gasteiger partial charge in [0, 0.05) is 12.1 Å². The number of ether oxygens (including phenoxy) is 1. The Bertz CT molecular complexity index is 796. The molecular formula is C18H24N4O3S. The molecule has 2 aromatic rings. The zero-order chi connectivity index (χ0) is 18.0. The Morgan fingerprint density at radius 2 is 1.65 bits per heavy atom. The first kappa shape index (κ1) is 17.5. The van der Waals surface area contributed by atoms with Gasteiger partial charge in [0.1, 0.15) is 5.75 Å². The van der Waals surface area contributed by atoms with Gasteiger partial charge in [-0.3, -0.25) is 0 Å². The molecule has 3 heterocycles.